The summed E-state index contributed by atoms with van der Waals surface area (Å²) in [4.78, 5) is 12.4. The zero-order chi connectivity index (χ0) is 37.3. The van der Waals surface area contributed by atoms with Gasteiger partial charge in [0.2, 0.25) is 5.91 Å². The van der Waals surface area contributed by atoms with Crippen LogP contribution in [0, 0.1) is 0 Å². The molecule has 5 nitrogen and oxygen atoms in total. The van der Waals surface area contributed by atoms with Crippen LogP contribution in [0.1, 0.15) is 226 Å². The molecule has 4 N–H and O–H groups in total. The van der Waals surface area contributed by atoms with Gasteiger partial charge in [-0.2, -0.15) is 0 Å². The molecule has 51 heavy (non-hydrogen) atoms. The summed E-state index contributed by atoms with van der Waals surface area (Å²) in [5, 5.41) is 33.4. The van der Waals surface area contributed by atoms with Crippen molar-refractivity contribution in [2.24, 2.45) is 0 Å². The van der Waals surface area contributed by atoms with Crippen LogP contribution >= 0.6 is 0 Å². The summed E-state index contributed by atoms with van der Waals surface area (Å²) in [6.45, 7) is 4.15. The zero-order valence-corrected chi connectivity index (χ0v) is 34.0. The molecular weight excluding hydrogens is 631 g/mol. The number of nitrogens with one attached hydrogen (secondary N) is 1. The molecule has 0 aromatic rings. The van der Waals surface area contributed by atoms with Gasteiger partial charge in [-0.25, -0.2) is 0 Å². The standard InChI is InChI=1S/C46H87NO4/c1-3-5-7-9-11-13-15-17-18-19-20-21-22-23-24-25-26-27-29-30-32-34-36-38-40-44(49)46(51)43(42-48)47-45(50)41-39-37-35-33-31-28-16-14-12-10-8-6-4-2/h26-28,31-32,34,43-44,46,48-49,51H,3-25,29-30,33,35-42H2,1-2H3,(H,47,50)/b27-26+,31-28-,34-32+. The third-order valence-electron chi connectivity index (χ3n) is 10.2. The highest BCUT2D eigenvalue weighted by Gasteiger charge is 2.26. The maximum Gasteiger partial charge on any atom is 0.220 e. The molecule has 0 spiro atoms. The highest BCUT2D eigenvalue weighted by molar-refractivity contribution is 5.76. The van der Waals surface area contributed by atoms with E-state index < -0.39 is 18.2 Å². The van der Waals surface area contributed by atoms with E-state index in [-0.39, 0.29) is 12.5 Å². The summed E-state index contributed by atoms with van der Waals surface area (Å²) in [5.74, 6) is -0.175. The molecule has 0 rings (SSSR count). The Balaban J connectivity index is 3.68. The molecule has 3 unspecified atom stereocenters. The van der Waals surface area contributed by atoms with Crippen LogP contribution in [-0.2, 0) is 4.79 Å². The molecule has 0 heterocycles. The van der Waals surface area contributed by atoms with E-state index in [1.54, 1.807) is 0 Å². The average Bonchev–Trinajstić information content (AvgIpc) is 3.13. The van der Waals surface area contributed by atoms with E-state index in [1.165, 1.54) is 148 Å². The molecule has 0 aromatic heterocycles. The van der Waals surface area contributed by atoms with E-state index in [9.17, 15) is 20.1 Å². The summed E-state index contributed by atoms with van der Waals surface area (Å²) in [5.41, 5.74) is 0. The van der Waals surface area contributed by atoms with E-state index in [1.807, 2.05) is 0 Å². The van der Waals surface area contributed by atoms with Crippen molar-refractivity contribution in [3.05, 3.63) is 36.5 Å². The van der Waals surface area contributed by atoms with E-state index in [2.05, 4.69) is 55.6 Å². The molecule has 1 amide bonds. The number of rotatable bonds is 40. The molecule has 0 aliphatic heterocycles. The second kappa shape index (κ2) is 41.3. The van der Waals surface area contributed by atoms with Gasteiger partial charge >= 0.3 is 0 Å². The number of carbonyl (C=O) groups is 1. The maximum absolute atomic E-state index is 12.4. The largest absolute Gasteiger partial charge is 0.394 e. The van der Waals surface area contributed by atoms with Crippen LogP contribution in [0.4, 0.5) is 0 Å². The van der Waals surface area contributed by atoms with Crippen LogP contribution in [0.25, 0.3) is 0 Å². The van der Waals surface area contributed by atoms with Gasteiger partial charge in [0, 0.05) is 6.42 Å². The Kier molecular flexibility index (Phi) is 40.2. The smallest absolute Gasteiger partial charge is 0.220 e. The zero-order valence-electron chi connectivity index (χ0n) is 34.0. The van der Waals surface area contributed by atoms with Crippen LogP contribution < -0.4 is 5.32 Å². The summed E-state index contributed by atoms with van der Waals surface area (Å²) in [6, 6.07) is -0.839. The topological polar surface area (TPSA) is 89.8 Å². The Labute approximate surface area is 317 Å². The Morgan fingerprint density at radius 3 is 1.20 bits per heavy atom. The molecule has 0 radical (unpaired) electrons. The first-order valence-corrected chi connectivity index (χ1v) is 22.3. The molecule has 0 aliphatic rings. The predicted molar refractivity (Wildman–Crippen MR) is 222 cm³/mol. The highest BCUT2D eigenvalue weighted by Crippen LogP contribution is 2.15. The Hall–Kier alpha value is -1.43. The fourth-order valence-corrected chi connectivity index (χ4v) is 6.70. The molecule has 3 atom stereocenters. The monoisotopic (exact) mass is 718 g/mol. The van der Waals surface area contributed by atoms with Crippen LogP contribution in [0.5, 0.6) is 0 Å². The Morgan fingerprint density at radius 2 is 0.804 bits per heavy atom. The van der Waals surface area contributed by atoms with Crippen LogP contribution in [0.3, 0.4) is 0 Å². The number of allylic oxidation sites excluding steroid dienone is 6. The van der Waals surface area contributed by atoms with Crippen LogP contribution in [-0.4, -0.2) is 46.1 Å². The van der Waals surface area contributed by atoms with Crippen molar-refractivity contribution in [3.8, 4) is 0 Å². The second-order valence-electron chi connectivity index (χ2n) is 15.2. The van der Waals surface area contributed by atoms with Crippen molar-refractivity contribution in [1.82, 2.24) is 5.32 Å². The molecule has 0 bridgehead atoms. The van der Waals surface area contributed by atoms with Crippen molar-refractivity contribution < 1.29 is 20.1 Å². The lowest BCUT2D eigenvalue weighted by atomic mass is 10.0. The van der Waals surface area contributed by atoms with E-state index in [0.717, 1.165) is 51.4 Å². The Bertz CT molecular complexity index is 794. The first kappa shape index (κ1) is 49.6. The van der Waals surface area contributed by atoms with Crippen molar-refractivity contribution in [2.45, 2.75) is 244 Å². The van der Waals surface area contributed by atoms with Gasteiger partial charge in [0.1, 0.15) is 6.10 Å². The van der Waals surface area contributed by atoms with Gasteiger partial charge in [0.15, 0.2) is 0 Å². The quantitative estimate of drug-likeness (QED) is 0.0375. The minimum absolute atomic E-state index is 0.175. The normalized spacial score (nSPS) is 13.9. The van der Waals surface area contributed by atoms with Gasteiger partial charge in [-0.15, -0.1) is 0 Å². The lowest BCUT2D eigenvalue weighted by Gasteiger charge is -2.26. The summed E-state index contributed by atoms with van der Waals surface area (Å²) in [6.07, 6.45) is 51.2. The molecule has 0 aliphatic carbocycles. The van der Waals surface area contributed by atoms with Gasteiger partial charge < -0.3 is 20.6 Å². The summed E-state index contributed by atoms with van der Waals surface area (Å²) >= 11 is 0. The van der Waals surface area contributed by atoms with E-state index >= 15 is 0 Å². The first-order chi connectivity index (χ1) is 25.1. The number of carbonyl (C=O) groups excluding carboxylic acids is 1. The lowest BCUT2D eigenvalue weighted by molar-refractivity contribution is -0.124. The molecule has 0 saturated carbocycles. The minimum Gasteiger partial charge on any atom is -0.394 e. The molecule has 0 aromatic carbocycles. The first-order valence-electron chi connectivity index (χ1n) is 22.3. The van der Waals surface area contributed by atoms with E-state index in [4.69, 9.17) is 0 Å². The second-order valence-corrected chi connectivity index (χ2v) is 15.2. The minimum atomic E-state index is -1.17. The number of aliphatic hydroxyl groups is 3. The van der Waals surface area contributed by atoms with Gasteiger partial charge in [0.25, 0.3) is 0 Å². The third-order valence-corrected chi connectivity index (χ3v) is 10.2. The van der Waals surface area contributed by atoms with Gasteiger partial charge in [-0.05, 0) is 77.0 Å². The maximum atomic E-state index is 12.4. The fourth-order valence-electron chi connectivity index (χ4n) is 6.70. The molecule has 5 heteroatoms. The van der Waals surface area contributed by atoms with Crippen LogP contribution in [0.2, 0.25) is 0 Å². The SMILES string of the molecule is CCCCCCCC/C=C\CCCCCC(=O)NC(CO)C(O)C(O)CCC/C=C/CC/C=C/CCCCCCCCCCCCCCCCC. The van der Waals surface area contributed by atoms with E-state index in [0.29, 0.717) is 12.8 Å². The third kappa shape index (κ3) is 36.7. The molecule has 0 fully saturated rings. The van der Waals surface area contributed by atoms with Gasteiger partial charge in [-0.3, -0.25) is 4.79 Å². The van der Waals surface area contributed by atoms with Crippen LogP contribution in [0.15, 0.2) is 36.5 Å². The summed E-state index contributed by atoms with van der Waals surface area (Å²) in [7, 11) is 0. The molecular formula is C46H87NO4. The lowest BCUT2D eigenvalue weighted by Crippen LogP contribution is -2.50. The number of amides is 1. The fraction of sp³-hybridized carbons (Fsp3) is 0.848. The van der Waals surface area contributed by atoms with Crippen molar-refractivity contribution in [1.29, 1.82) is 0 Å². The molecule has 300 valence electrons. The van der Waals surface area contributed by atoms with Crippen molar-refractivity contribution in [2.75, 3.05) is 6.61 Å². The van der Waals surface area contributed by atoms with Gasteiger partial charge in [0.05, 0.1) is 18.8 Å². The van der Waals surface area contributed by atoms with Gasteiger partial charge in [-0.1, -0.05) is 179 Å². The average molecular weight is 718 g/mol. The summed E-state index contributed by atoms with van der Waals surface area (Å²) < 4.78 is 0. The molecule has 0 saturated heterocycles. The Morgan fingerprint density at radius 1 is 0.471 bits per heavy atom. The number of unbranched alkanes of at least 4 members (excludes halogenated alkanes) is 26. The van der Waals surface area contributed by atoms with Crippen molar-refractivity contribution in [3.63, 3.8) is 0 Å². The highest BCUT2D eigenvalue weighted by atomic mass is 16.3. The number of aliphatic hydroxyl groups excluding tert-OH is 3. The number of hydrogen-bond donors (Lipinski definition) is 4. The van der Waals surface area contributed by atoms with Crippen molar-refractivity contribution >= 4 is 5.91 Å². The number of hydrogen-bond acceptors (Lipinski definition) is 4. The predicted octanol–water partition coefficient (Wildman–Crippen LogP) is 12.8.